The van der Waals surface area contributed by atoms with E-state index in [1.54, 1.807) is 11.3 Å². The van der Waals surface area contributed by atoms with Crippen molar-refractivity contribution < 1.29 is 0 Å². The van der Waals surface area contributed by atoms with Gasteiger partial charge in [-0.2, -0.15) is 11.3 Å². The number of nitrogens with one attached hydrogen (secondary N) is 1. The smallest absolute Gasteiger partial charge is 0.0156 e. The van der Waals surface area contributed by atoms with E-state index in [1.807, 2.05) is 11.3 Å². The van der Waals surface area contributed by atoms with Crippen molar-refractivity contribution in [2.24, 2.45) is 0 Å². The van der Waals surface area contributed by atoms with Gasteiger partial charge in [0.05, 0.1) is 0 Å². The molecule has 0 spiro atoms. The summed E-state index contributed by atoms with van der Waals surface area (Å²) in [5, 5.41) is 10.1. The van der Waals surface area contributed by atoms with Crippen LogP contribution in [0.2, 0.25) is 0 Å². The molecule has 2 heterocycles. The van der Waals surface area contributed by atoms with Crippen molar-refractivity contribution >= 4 is 22.7 Å². The Hall–Kier alpha value is -0.640. The van der Waals surface area contributed by atoms with Crippen LogP contribution in [-0.4, -0.2) is 12.6 Å². The number of likely N-dealkylation sites (N-methyl/N-ethyl adjacent to an activating group) is 1. The first-order valence-electron chi connectivity index (χ1n) is 5.65. The van der Waals surface area contributed by atoms with Gasteiger partial charge in [0.25, 0.3) is 0 Å². The normalized spacial score (nSPS) is 12.8. The minimum Gasteiger partial charge on any atom is -0.314 e. The van der Waals surface area contributed by atoms with Crippen molar-refractivity contribution in [1.82, 2.24) is 5.32 Å². The third-order valence-corrected chi connectivity index (χ3v) is 4.21. The first kappa shape index (κ1) is 11.8. The molecular formula is C13H17NS2. The molecule has 0 fully saturated rings. The molecule has 0 radical (unpaired) electrons. The van der Waals surface area contributed by atoms with Crippen molar-refractivity contribution in [3.63, 3.8) is 0 Å². The molecule has 0 saturated carbocycles. The van der Waals surface area contributed by atoms with Crippen LogP contribution in [0.5, 0.6) is 0 Å². The van der Waals surface area contributed by atoms with Gasteiger partial charge in [-0.3, -0.25) is 0 Å². The third kappa shape index (κ3) is 3.44. The molecule has 1 unspecified atom stereocenters. The maximum Gasteiger partial charge on any atom is 0.0156 e. The Balaban J connectivity index is 1.94. The summed E-state index contributed by atoms with van der Waals surface area (Å²) in [5.74, 6) is 0. The zero-order chi connectivity index (χ0) is 11.2. The van der Waals surface area contributed by atoms with Gasteiger partial charge in [0.15, 0.2) is 0 Å². The van der Waals surface area contributed by atoms with Crippen molar-refractivity contribution in [3.8, 4) is 0 Å². The first-order chi connectivity index (χ1) is 7.88. The number of hydrogen-bond donors (Lipinski definition) is 1. The van der Waals surface area contributed by atoms with Gasteiger partial charge in [0.1, 0.15) is 0 Å². The van der Waals surface area contributed by atoms with Gasteiger partial charge < -0.3 is 5.32 Å². The minimum absolute atomic E-state index is 0.568. The highest BCUT2D eigenvalue weighted by molar-refractivity contribution is 7.09. The van der Waals surface area contributed by atoms with Gasteiger partial charge in [0.2, 0.25) is 0 Å². The topological polar surface area (TPSA) is 12.0 Å². The van der Waals surface area contributed by atoms with Gasteiger partial charge in [-0.05, 0) is 53.2 Å². The van der Waals surface area contributed by atoms with Gasteiger partial charge >= 0.3 is 0 Å². The van der Waals surface area contributed by atoms with E-state index in [-0.39, 0.29) is 0 Å². The summed E-state index contributed by atoms with van der Waals surface area (Å²) in [5.41, 5.74) is 1.45. The molecule has 0 aliphatic rings. The number of rotatable bonds is 6. The summed E-state index contributed by atoms with van der Waals surface area (Å²) in [7, 11) is 0. The monoisotopic (exact) mass is 251 g/mol. The first-order valence-corrected chi connectivity index (χ1v) is 7.47. The molecule has 0 aliphatic carbocycles. The lowest BCUT2D eigenvalue weighted by Crippen LogP contribution is -2.32. The van der Waals surface area contributed by atoms with Crippen molar-refractivity contribution in [2.45, 2.75) is 25.8 Å². The van der Waals surface area contributed by atoms with E-state index in [1.165, 1.54) is 10.4 Å². The van der Waals surface area contributed by atoms with Crippen LogP contribution in [-0.2, 0) is 12.8 Å². The van der Waals surface area contributed by atoms with Gasteiger partial charge in [-0.1, -0.05) is 13.0 Å². The van der Waals surface area contributed by atoms with E-state index in [2.05, 4.69) is 46.6 Å². The highest BCUT2D eigenvalue weighted by Gasteiger charge is 2.10. The lowest BCUT2D eigenvalue weighted by Gasteiger charge is -2.16. The van der Waals surface area contributed by atoms with Crippen LogP contribution in [0, 0.1) is 0 Å². The Labute approximate surface area is 105 Å². The second-order valence-electron chi connectivity index (χ2n) is 3.87. The Kier molecular flexibility index (Phi) is 4.57. The third-order valence-electron chi connectivity index (χ3n) is 2.58. The predicted molar refractivity (Wildman–Crippen MR) is 73.5 cm³/mol. The predicted octanol–water partition coefficient (Wildman–Crippen LogP) is 3.57. The maximum atomic E-state index is 3.57. The molecule has 2 aromatic heterocycles. The molecule has 1 nitrogen and oxygen atoms in total. The summed E-state index contributed by atoms with van der Waals surface area (Å²) in [6.45, 7) is 3.22. The summed E-state index contributed by atoms with van der Waals surface area (Å²) in [6.07, 6.45) is 2.27. The Morgan fingerprint density at radius 3 is 2.81 bits per heavy atom. The van der Waals surface area contributed by atoms with E-state index in [9.17, 15) is 0 Å². The Morgan fingerprint density at radius 1 is 1.25 bits per heavy atom. The fourth-order valence-electron chi connectivity index (χ4n) is 1.87. The molecule has 3 heteroatoms. The standard InChI is InChI=1S/C13H17NS2/c1-2-14-12(8-11-5-7-15-10-11)9-13-4-3-6-16-13/h3-7,10,12,14H,2,8-9H2,1H3. The van der Waals surface area contributed by atoms with E-state index in [0.717, 1.165) is 19.4 Å². The average Bonchev–Trinajstić information content (AvgIpc) is 2.91. The summed E-state index contributed by atoms with van der Waals surface area (Å²) < 4.78 is 0. The number of hydrogen-bond acceptors (Lipinski definition) is 3. The molecule has 0 aliphatic heterocycles. The van der Waals surface area contributed by atoms with Crippen molar-refractivity contribution in [2.75, 3.05) is 6.54 Å². The molecule has 1 N–H and O–H groups in total. The molecule has 2 aromatic rings. The zero-order valence-corrected chi connectivity index (χ0v) is 11.1. The van der Waals surface area contributed by atoms with Crippen LogP contribution >= 0.6 is 22.7 Å². The summed E-state index contributed by atoms with van der Waals surface area (Å²) in [4.78, 5) is 1.47. The quantitative estimate of drug-likeness (QED) is 0.827. The van der Waals surface area contributed by atoms with Crippen LogP contribution in [0.15, 0.2) is 34.3 Å². The molecular weight excluding hydrogens is 234 g/mol. The second kappa shape index (κ2) is 6.18. The van der Waals surface area contributed by atoms with Crippen LogP contribution in [0.3, 0.4) is 0 Å². The number of thiophene rings is 2. The minimum atomic E-state index is 0.568. The lowest BCUT2D eigenvalue weighted by atomic mass is 10.1. The van der Waals surface area contributed by atoms with Crippen molar-refractivity contribution in [1.29, 1.82) is 0 Å². The molecule has 86 valence electrons. The van der Waals surface area contributed by atoms with Crippen LogP contribution in [0.25, 0.3) is 0 Å². The van der Waals surface area contributed by atoms with Crippen LogP contribution in [0.4, 0.5) is 0 Å². The highest BCUT2D eigenvalue weighted by Crippen LogP contribution is 2.15. The van der Waals surface area contributed by atoms with E-state index < -0.39 is 0 Å². The lowest BCUT2D eigenvalue weighted by molar-refractivity contribution is 0.525. The van der Waals surface area contributed by atoms with Crippen LogP contribution in [0.1, 0.15) is 17.4 Å². The fraction of sp³-hybridized carbons (Fsp3) is 0.385. The van der Waals surface area contributed by atoms with Gasteiger partial charge in [-0.15, -0.1) is 11.3 Å². The van der Waals surface area contributed by atoms with E-state index in [4.69, 9.17) is 0 Å². The second-order valence-corrected chi connectivity index (χ2v) is 5.69. The van der Waals surface area contributed by atoms with E-state index >= 15 is 0 Å². The molecule has 16 heavy (non-hydrogen) atoms. The van der Waals surface area contributed by atoms with Gasteiger partial charge in [-0.25, -0.2) is 0 Å². The Bertz CT molecular complexity index is 342. The van der Waals surface area contributed by atoms with Gasteiger partial charge in [0, 0.05) is 10.9 Å². The Morgan fingerprint density at radius 2 is 2.19 bits per heavy atom. The SMILES string of the molecule is CCNC(Cc1ccsc1)Cc1cccs1. The molecule has 0 amide bonds. The highest BCUT2D eigenvalue weighted by atomic mass is 32.1. The van der Waals surface area contributed by atoms with Crippen molar-refractivity contribution in [3.05, 3.63) is 44.8 Å². The summed E-state index contributed by atoms with van der Waals surface area (Å²) in [6, 6.07) is 7.15. The van der Waals surface area contributed by atoms with E-state index in [0.29, 0.717) is 6.04 Å². The molecule has 0 aromatic carbocycles. The maximum absolute atomic E-state index is 3.57. The summed E-state index contributed by atoms with van der Waals surface area (Å²) >= 11 is 3.63. The average molecular weight is 251 g/mol. The zero-order valence-electron chi connectivity index (χ0n) is 9.48. The fourth-order valence-corrected chi connectivity index (χ4v) is 3.34. The molecule has 2 rings (SSSR count). The largest absolute Gasteiger partial charge is 0.314 e. The molecule has 1 atom stereocenters. The molecule has 0 saturated heterocycles. The molecule has 0 bridgehead atoms. The van der Waals surface area contributed by atoms with Crippen LogP contribution < -0.4 is 5.32 Å².